The summed E-state index contributed by atoms with van der Waals surface area (Å²) < 4.78 is 0. The molecule has 0 rings (SSSR count). The van der Waals surface area contributed by atoms with Crippen molar-refractivity contribution >= 4 is 11.7 Å². The predicted molar refractivity (Wildman–Crippen MR) is 59.1 cm³/mol. The molecule has 14 heavy (non-hydrogen) atoms. The van der Waals surface area contributed by atoms with Crippen LogP contribution in [0.1, 0.15) is 40.5 Å². The number of amides is 2. The van der Waals surface area contributed by atoms with Gasteiger partial charge in [-0.1, -0.05) is 27.7 Å². The second-order valence-corrected chi connectivity index (χ2v) is 4.35. The van der Waals surface area contributed by atoms with Crippen molar-refractivity contribution in [2.75, 3.05) is 0 Å². The maximum Gasteiger partial charge on any atom is 0.332 e. The Bertz CT molecular complexity index is 197. The molecule has 0 aliphatic heterocycles. The lowest BCUT2D eigenvalue weighted by molar-refractivity contribution is 0.249. The monoisotopic (exact) mass is 199 g/mol. The van der Waals surface area contributed by atoms with E-state index in [2.05, 4.69) is 38.2 Å². The minimum atomic E-state index is -0.602. The Labute approximate surface area is 85.9 Å². The Kier molecular flexibility index (Phi) is 5.92. The van der Waals surface area contributed by atoms with Gasteiger partial charge in [0.25, 0.3) is 0 Å². The third kappa shape index (κ3) is 7.58. The van der Waals surface area contributed by atoms with Gasteiger partial charge in [0, 0.05) is 5.71 Å². The highest BCUT2D eigenvalue weighted by Gasteiger charge is 2.06. The van der Waals surface area contributed by atoms with Crippen molar-refractivity contribution in [2.45, 2.75) is 40.5 Å². The Balaban J connectivity index is 4.22. The SMILES string of the molecule is CC(C)CC(CC(C)C)=NNC(N)=O. The van der Waals surface area contributed by atoms with Crippen LogP contribution in [0.5, 0.6) is 0 Å². The lowest BCUT2D eigenvalue weighted by Gasteiger charge is -2.11. The summed E-state index contributed by atoms with van der Waals surface area (Å²) in [4.78, 5) is 10.5. The van der Waals surface area contributed by atoms with E-state index in [1.807, 2.05) is 0 Å². The number of nitrogens with two attached hydrogens (primary N) is 1. The highest BCUT2D eigenvalue weighted by molar-refractivity contribution is 5.86. The summed E-state index contributed by atoms with van der Waals surface area (Å²) in [6.45, 7) is 8.50. The average molecular weight is 199 g/mol. The molecule has 0 atom stereocenters. The van der Waals surface area contributed by atoms with Crippen LogP contribution in [0.3, 0.4) is 0 Å². The third-order valence-corrected chi connectivity index (χ3v) is 1.61. The van der Waals surface area contributed by atoms with E-state index in [4.69, 9.17) is 5.73 Å². The van der Waals surface area contributed by atoms with E-state index in [1.54, 1.807) is 0 Å². The van der Waals surface area contributed by atoms with Crippen LogP contribution in [0.4, 0.5) is 4.79 Å². The Morgan fingerprint density at radius 2 is 1.64 bits per heavy atom. The van der Waals surface area contributed by atoms with E-state index in [-0.39, 0.29) is 0 Å². The van der Waals surface area contributed by atoms with Crippen LogP contribution in [0.25, 0.3) is 0 Å². The van der Waals surface area contributed by atoms with E-state index in [9.17, 15) is 4.79 Å². The number of rotatable bonds is 5. The summed E-state index contributed by atoms with van der Waals surface area (Å²) in [5.74, 6) is 1.09. The molecular weight excluding hydrogens is 178 g/mol. The van der Waals surface area contributed by atoms with Crippen LogP contribution >= 0.6 is 0 Å². The van der Waals surface area contributed by atoms with Gasteiger partial charge in [0.2, 0.25) is 0 Å². The van der Waals surface area contributed by atoms with Gasteiger partial charge in [0.05, 0.1) is 0 Å². The molecule has 0 aromatic rings. The molecule has 0 fully saturated rings. The van der Waals surface area contributed by atoms with Crippen molar-refractivity contribution in [1.29, 1.82) is 0 Å². The molecule has 0 heterocycles. The molecule has 0 aliphatic carbocycles. The van der Waals surface area contributed by atoms with Gasteiger partial charge in [-0.05, 0) is 24.7 Å². The number of carbonyl (C=O) groups is 1. The van der Waals surface area contributed by atoms with Crippen molar-refractivity contribution < 1.29 is 4.79 Å². The number of nitrogens with zero attached hydrogens (tertiary/aromatic N) is 1. The average Bonchev–Trinajstić information content (AvgIpc) is 1.97. The van der Waals surface area contributed by atoms with Gasteiger partial charge in [-0.2, -0.15) is 5.10 Å². The number of hydrogen-bond acceptors (Lipinski definition) is 2. The van der Waals surface area contributed by atoms with Gasteiger partial charge in [-0.3, -0.25) is 0 Å². The molecule has 0 bridgehead atoms. The Hall–Kier alpha value is -1.06. The molecule has 0 aliphatic rings. The van der Waals surface area contributed by atoms with E-state index in [0.29, 0.717) is 11.8 Å². The van der Waals surface area contributed by atoms with Crippen molar-refractivity contribution in [2.24, 2.45) is 22.7 Å². The highest BCUT2D eigenvalue weighted by atomic mass is 16.2. The summed E-state index contributed by atoms with van der Waals surface area (Å²) in [5, 5.41) is 4.00. The van der Waals surface area contributed by atoms with Crippen LogP contribution < -0.4 is 11.2 Å². The zero-order valence-electron chi connectivity index (χ0n) is 9.50. The minimum absolute atomic E-state index is 0.544. The largest absolute Gasteiger partial charge is 0.350 e. The van der Waals surface area contributed by atoms with Crippen molar-refractivity contribution in [3.63, 3.8) is 0 Å². The van der Waals surface area contributed by atoms with E-state index >= 15 is 0 Å². The first-order valence-electron chi connectivity index (χ1n) is 5.02. The van der Waals surface area contributed by atoms with Gasteiger partial charge < -0.3 is 5.73 Å². The van der Waals surface area contributed by atoms with E-state index in [0.717, 1.165) is 18.6 Å². The second kappa shape index (κ2) is 6.40. The summed E-state index contributed by atoms with van der Waals surface area (Å²) in [6.07, 6.45) is 1.80. The number of carbonyl (C=O) groups excluding carboxylic acids is 1. The minimum Gasteiger partial charge on any atom is -0.350 e. The van der Waals surface area contributed by atoms with Gasteiger partial charge >= 0.3 is 6.03 Å². The summed E-state index contributed by atoms with van der Waals surface area (Å²) in [5.41, 5.74) is 8.24. The first-order chi connectivity index (χ1) is 6.41. The number of urea groups is 1. The van der Waals surface area contributed by atoms with Gasteiger partial charge in [0.1, 0.15) is 0 Å². The molecule has 0 aromatic carbocycles. The maximum atomic E-state index is 10.5. The fraction of sp³-hybridized carbons (Fsp3) is 0.800. The van der Waals surface area contributed by atoms with Crippen LogP contribution in [-0.4, -0.2) is 11.7 Å². The standard InChI is InChI=1S/C10H21N3O/c1-7(2)5-9(6-8(3)4)12-13-10(11)14/h7-8H,5-6H2,1-4H3,(H3,11,13,14). The third-order valence-electron chi connectivity index (χ3n) is 1.61. The molecule has 0 radical (unpaired) electrons. The summed E-state index contributed by atoms with van der Waals surface area (Å²) in [7, 11) is 0. The lowest BCUT2D eigenvalue weighted by atomic mass is 9.99. The van der Waals surface area contributed by atoms with Crippen molar-refractivity contribution in [1.82, 2.24) is 5.43 Å². The number of primary amides is 1. The van der Waals surface area contributed by atoms with Crippen LogP contribution in [0, 0.1) is 11.8 Å². The molecule has 2 amide bonds. The van der Waals surface area contributed by atoms with Gasteiger partial charge in [0.15, 0.2) is 0 Å². The molecule has 0 aromatic heterocycles. The molecule has 0 spiro atoms. The molecule has 82 valence electrons. The van der Waals surface area contributed by atoms with Gasteiger partial charge in [-0.15, -0.1) is 0 Å². The molecular formula is C10H21N3O. The van der Waals surface area contributed by atoms with Crippen LogP contribution in [0.2, 0.25) is 0 Å². The Morgan fingerprint density at radius 3 is 1.93 bits per heavy atom. The normalized spacial score (nSPS) is 10.4. The fourth-order valence-corrected chi connectivity index (χ4v) is 1.25. The van der Waals surface area contributed by atoms with Crippen molar-refractivity contribution in [3.05, 3.63) is 0 Å². The topological polar surface area (TPSA) is 67.5 Å². The summed E-state index contributed by atoms with van der Waals surface area (Å²) in [6, 6.07) is -0.602. The first kappa shape index (κ1) is 12.9. The van der Waals surface area contributed by atoms with Crippen LogP contribution in [-0.2, 0) is 0 Å². The molecule has 0 saturated heterocycles. The van der Waals surface area contributed by atoms with E-state index in [1.165, 1.54) is 0 Å². The quantitative estimate of drug-likeness (QED) is 0.516. The number of nitrogens with one attached hydrogen (secondary N) is 1. The zero-order valence-corrected chi connectivity index (χ0v) is 9.50. The summed E-state index contributed by atoms with van der Waals surface area (Å²) >= 11 is 0. The molecule has 3 N–H and O–H groups in total. The van der Waals surface area contributed by atoms with E-state index < -0.39 is 6.03 Å². The number of hydrogen-bond donors (Lipinski definition) is 2. The van der Waals surface area contributed by atoms with Crippen molar-refractivity contribution in [3.8, 4) is 0 Å². The molecule has 4 nitrogen and oxygen atoms in total. The molecule has 0 saturated carbocycles. The second-order valence-electron chi connectivity index (χ2n) is 4.35. The molecule has 4 heteroatoms. The molecule has 0 unspecified atom stereocenters. The lowest BCUT2D eigenvalue weighted by Crippen LogP contribution is -2.26. The first-order valence-corrected chi connectivity index (χ1v) is 5.02. The number of hydrazone groups is 1. The maximum absolute atomic E-state index is 10.5. The Morgan fingerprint density at radius 1 is 1.21 bits per heavy atom. The highest BCUT2D eigenvalue weighted by Crippen LogP contribution is 2.09. The van der Waals surface area contributed by atoms with Crippen LogP contribution in [0.15, 0.2) is 5.10 Å². The predicted octanol–water partition coefficient (Wildman–Crippen LogP) is 2.10. The zero-order chi connectivity index (χ0) is 11.1. The van der Waals surface area contributed by atoms with Gasteiger partial charge in [-0.25, -0.2) is 10.2 Å². The fourth-order valence-electron chi connectivity index (χ4n) is 1.25. The smallest absolute Gasteiger partial charge is 0.332 e.